The van der Waals surface area contributed by atoms with E-state index in [9.17, 15) is 9.59 Å². The number of carbonyl (C=O) groups is 2. The maximum Gasteiger partial charge on any atom is 0.330 e. The molecule has 0 aliphatic rings. The molecule has 0 N–H and O–H groups in total. The number of ether oxygens (including phenoxy) is 2. The highest BCUT2D eigenvalue weighted by Gasteiger charge is 2.23. The van der Waals surface area contributed by atoms with Crippen LogP contribution in [0.1, 0.15) is 13.8 Å². The lowest BCUT2D eigenvalue weighted by Gasteiger charge is -2.36. The molecule has 0 bridgehead atoms. The van der Waals surface area contributed by atoms with Crippen molar-refractivity contribution in [3.05, 3.63) is 25.3 Å². The molecular formula is C14H24NO4+. The van der Waals surface area contributed by atoms with Gasteiger partial charge in [0.25, 0.3) is 0 Å². The predicted molar refractivity (Wildman–Crippen MR) is 73.4 cm³/mol. The summed E-state index contributed by atoms with van der Waals surface area (Å²) in [6, 6.07) is 0. The van der Waals surface area contributed by atoms with Crippen LogP contribution in [0.2, 0.25) is 0 Å². The minimum atomic E-state index is -0.414. The Labute approximate surface area is 115 Å². The van der Waals surface area contributed by atoms with Gasteiger partial charge in [-0.1, -0.05) is 13.2 Å². The van der Waals surface area contributed by atoms with Crippen molar-refractivity contribution >= 4 is 11.9 Å². The average Bonchev–Trinajstić information content (AvgIpc) is 2.45. The first kappa shape index (κ1) is 17.4. The van der Waals surface area contributed by atoms with Crippen LogP contribution in [-0.2, 0) is 19.1 Å². The SMILES string of the molecule is C=CC(=O)OCC[N+](CC)(CC)CCOC(=O)C=C. The number of hydrogen-bond acceptors (Lipinski definition) is 4. The normalized spacial score (nSPS) is 10.6. The summed E-state index contributed by atoms with van der Waals surface area (Å²) in [5, 5.41) is 0. The number of hydrogen-bond donors (Lipinski definition) is 0. The highest BCUT2D eigenvalue weighted by Crippen LogP contribution is 2.06. The molecule has 0 spiro atoms. The van der Waals surface area contributed by atoms with Gasteiger partial charge < -0.3 is 14.0 Å². The summed E-state index contributed by atoms with van der Waals surface area (Å²) in [7, 11) is 0. The molecule has 108 valence electrons. The molecule has 19 heavy (non-hydrogen) atoms. The second kappa shape index (κ2) is 9.33. The number of nitrogens with zero attached hydrogens (tertiary/aromatic N) is 1. The fraction of sp³-hybridized carbons (Fsp3) is 0.571. The van der Waals surface area contributed by atoms with Gasteiger partial charge in [0, 0.05) is 12.2 Å². The summed E-state index contributed by atoms with van der Waals surface area (Å²) in [5.74, 6) is -0.827. The lowest BCUT2D eigenvalue weighted by atomic mass is 10.3. The standard InChI is InChI=1S/C14H24NO4/c1-5-13(16)18-11-9-15(7-3,8-4)10-12-19-14(17)6-2/h5-6H,1-2,7-12H2,3-4H3/q+1. The number of likely N-dealkylation sites (N-methyl/N-ethyl adjacent to an activating group) is 1. The molecule has 0 heterocycles. The first-order chi connectivity index (χ1) is 9.03. The summed E-state index contributed by atoms with van der Waals surface area (Å²) in [5.41, 5.74) is 0. The number of carbonyl (C=O) groups excluding carboxylic acids is 2. The monoisotopic (exact) mass is 270 g/mol. The van der Waals surface area contributed by atoms with Crippen molar-refractivity contribution in [1.82, 2.24) is 0 Å². The van der Waals surface area contributed by atoms with Gasteiger partial charge in [-0.2, -0.15) is 0 Å². The van der Waals surface area contributed by atoms with Crippen LogP contribution in [0.3, 0.4) is 0 Å². The summed E-state index contributed by atoms with van der Waals surface area (Å²) < 4.78 is 10.7. The molecular weight excluding hydrogens is 246 g/mol. The van der Waals surface area contributed by atoms with E-state index in [-0.39, 0.29) is 0 Å². The molecule has 0 fully saturated rings. The Bertz CT molecular complexity index is 293. The Morgan fingerprint density at radius 3 is 1.58 bits per heavy atom. The molecule has 0 aliphatic carbocycles. The minimum Gasteiger partial charge on any atom is -0.457 e. The summed E-state index contributed by atoms with van der Waals surface area (Å²) >= 11 is 0. The van der Waals surface area contributed by atoms with Gasteiger partial charge >= 0.3 is 11.9 Å². The van der Waals surface area contributed by atoms with Gasteiger partial charge in [0.05, 0.1) is 13.1 Å². The average molecular weight is 270 g/mol. The van der Waals surface area contributed by atoms with Crippen molar-refractivity contribution < 1.29 is 23.5 Å². The van der Waals surface area contributed by atoms with Crippen LogP contribution in [0.5, 0.6) is 0 Å². The van der Waals surface area contributed by atoms with Crippen LogP contribution in [-0.4, -0.2) is 55.8 Å². The maximum atomic E-state index is 11.0. The molecule has 0 amide bonds. The Hall–Kier alpha value is -1.62. The lowest BCUT2D eigenvalue weighted by Crippen LogP contribution is -2.52. The molecule has 0 atom stereocenters. The van der Waals surface area contributed by atoms with E-state index in [4.69, 9.17) is 9.47 Å². The van der Waals surface area contributed by atoms with Gasteiger partial charge in [-0.3, -0.25) is 0 Å². The van der Waals surface area contributed by atoms with Crippen molar-refractivity contribution in [2.24, 2.45) is 0 Å². The van der Waals surface area contributed by atoms with E-state index in [0.717, 1.165) is 29.7 Å². The Morgan fingerprint density at radius 2 is 1.32 bits per heavy atom. The van der Waals surface area contributed by atoms with Crippen molar-refractivity contribution in [1.29, 1.82) is 0 Å². The zero-order valence-electron chi connectivity index (χ0n) is 11.9. The first-order valence-corrected chi connectivity index (χ1v) is 6.47. The quantitative estimate of drug-likeness (QED) is 0.341. The Morgan fingerprint density at radius 1 is 0.947 bits per heavy atom. The van der Waals surface area contributed by atoms with Crippen molar-refractivity contribution in [2.45, 2.75) is 13.8 Å². The van der Waals surface area contributed by atoms with E-state index < -0.39 is 11.9 Å². The fourth-order valence-corrected chi connectivity index (χ4v) is 1.77. The van der Waals surface area contributed by atoms with Crippen molar-refractivity contribution in [3.8, 4) is 0 Å². The molecule has 0 aromatic rings. The van der Waals surface area contributed by atoms with E-state index in [1.807, 2.05) is 0 Å². The third-order valence-corrected chi connectivity index (χ3v) is 3.29. The second-order valence-corrected chi connectivity index (χ2v) is 4.16. The molecule has 0 radical (unpaired) electrons. The highest BCUT2D eigenvalue weighted by molar-refractivity contribution is 5.81. The zero-order valence-corrected chi connectivity index (χ0v) is 11.9. The van der Waals surface area contributed by atoms with E-state index in [0.29, 0.717) is 26.3 Å². The molecule has 0 unspecified atom stereocenters. The Kier molecular flexibility index (Phi) is 8.53. The third-order valence-electron chi connectivity index (χ3n) is 3.29. The molecule has 0 aromatic heterocycles. The van der Waals surface area contributed by atoms with E-state index in [1.54, 1.807) is 0 Å². The molecule has 0 saturated carbocycles. The van der Waals surface area contributed by atoms with Crippen LogP contribution < -0.4 is 0 Å². The van der Waals surface area contributed by atoms with Gasteiger partial charge in [-0.15, -0.1) is 0 Å². The van der Waals surface area contributed by atoms with Gasteiger partial charge in [0.15, 0.2) is 0 Å². The van der Waals surface area contributed by atoms with E-state index in [1.165, 1.54) is 0 Å². The van der Waals surface area contributed by atoms with Gasteiger partial charge in [-0.25, -0.2) is 9.59 Å². The molecule has 5 nitrogen and oxygen atoms in total. The number of quaternary nitrogens is 1. The van der Waals surface area contributed by atoms with Crippen LogP contribution in [0.25, 0.3) is 0 Å². The number of rotatable bonds is 10. The summed E-state index contributed by atoms with van der Waals surface area (Å²) in [4.78, 5) is 22.0. The topological polar surface area (TPSA) is 52.6 Å². The first-order valence-electron chi connectivity index (χ1n) is 6.47. The smallest absolute Gasteiger partial charge is 0.330 e. The van der Waals surface area contributed by atoms with Gasteiger partial charge in [0.1, 0.15) is 26.3 Å². The van der Waals surface area contributed by atoms with Crippen LogP contribution in [0, 0.1) is 0 Å². The largest absolute Gasteiger partial charge is 0.457 e. The van der Waals surface area contributed by atoms with E-state index >= 15 is 0 Å². The zero-order chi connectivity index (χ0) is 14.7. The molecule has 0 aliphatic heterocycles. The number of esters is 2. The third kappa shape index (κ3) is 6.76. The Balaban J connectivity index is 4.24. The highest BCUT2D eigenvalue weighted by atomic mass is 16.5. The second-order valence-electron chi connectivity index (χ2n) is 4.16. The van der Waals surface area contributed by atoms with Crippen LogP contribution >= 0.6 is 0 Å². The van der Waals surface area contributed by atoms with Crippen LogP contribution in [0.15, 0.2) is 25.3 Å². The molecule has 0 rings (SSSR count). The van der Waals surface area contributed by atoms with Crippen molar-refractivity contribution in [2.75, 3.05) is 39.4 Å². The predicted octanol–water partition coefficient (Wildman–Crippen LogP) is 1.30. The molecule has 0 aromatic carbocycles. The van der Waals surface area contributed by atoms with Crippen LogP contribution in [0.4, 0.5) is 0 Å². The fourth-order valence-electron chi connectivity index (χ4n) is 1.77. The maximum absolute atomic E-state index is 11.0. The lowest BCUT2D eigenvalue weighted by molar-refractivity contribution is -0.925. The van der Waals surface area contributed by atoms with Gasteiger partial charge in [0.2, 0.25) is 0 Å². The van der Waals surface area contributed by atoms with E-state index in [2.05, 4.69) is 27.0 Å². The summed E-state index contributed by atoms with van der Waals surface area (Å²) in [6.07, 6.45) is 2.30. The molecule has 0 saturated heterocycles. The summed E-state index contributed by atoms with van der Waals surface area (Å²) in [6.45, 7) is 14.6. The molecule has 5 heteroatoms. The van der Waals surface area contributed by atoms with Gasteiger partial charge in [-0.05, 0) is 13.8 Å². The minimum absolute atomic E-state index is 0.335. The van der Waals surface area contributed by atoms with Crippen molar-refractivity contribution in [3.63, 3.8) is 0 Å².